The number of likely N-dealkylation sites (N-methyl/N-ethyl adjacent to an activating group) is 1. The van der Waals surface area contributed by atoms with Crippen molar-refractivity contribution in [1.82, 2.24) is 15.5 Å². The van der Waals surface area contributed by atoms with Crippen LogP contribution in [0.5, 0.6) is 0 Å². The zero-order valence-corrected chi connectivity index (χ0v) is 18.6. The predicted molar refractivity (Wildman–Crippen MR) is 123 cm³/mol. The smallest absolute Gasteiger partial charge is 0.191 e. The maximum absolute atomic E-state index is 5.11. The van der Waals surface area contributed by atoms with Crippen LogP contribution in [0, 0.1) is 0 Å². The first-order chi connectivity index (χ1) is 13.7. The highest BCUT2D eigenvalue weighted by Gasteiger charge is 2.10. The average Bonchev–Trinajstić information content (AvgIpc) is 2.73. The van der Waals surface area contributed by atoms with E-state index < -0.39 is 0 Å². The minimum Gasteiger partial charge on any atom is -0.385 e. The third kappa shape index (κ3) is 8.71. The van der Waals surface area contributed by atoms with Gasteiger partial charge < -0.3 is 25.2 Å². The van der Waals surface area contributed by atoms with Gasteiger partial charge >= 0.3 is 0 Å². The van der Waals surface area contributed by atoms with E-state index in [1.54, 1.807) is 7.11 Å². The van der Waals surface area contributed by atoms with Gasteiger partial charge in [0.2, 0.25) is 0 Å². The van der Waals surface area contributed by atoms with Crippen LogP contribution in [0.25, 0.3) is 0 Å². The van der Waals surface area contributed by atoms with E-state index in [0.29, 0.717) is 6.54 Å². The molecule has 0 saturated carbocycles. The number of benzene rings is 1. The minimum atomic E-state index is 0.690. The third-order valence-electron chi connectivity index (χ3n) is 4.75. The van der Waals surface area contributed by atoms with E-state index in [2.05, 4.69) is 58.7 Å². The fraction of sp³-hybridized carbons (Fsp3) is 0.667. The first-order valence-corrected chi connectivity index (χ1v) is 11.5. The number of rotatable bonds is 11. The Hall–Kier alpha value is -1.44. The number of hydrogen-bond acceptors (Lipinski definition) is 5. The quantitative estimate of drug-likeness (QED) is 0.333. The van der Waals surface area contributed by atoms with Crippen LogP contribution in [0.1, 0.15) is 18.9 Å². The number of aliphatic imine (C=N–C) groups is 1. The fourth-order valence-corrected chi connectivity index (χ4v) is 4.00. The van der Waals surface area contributed by atoms with E-state index in [1.165, 1.54) is 22.8 Å². The third-order valence-corrected chi connectivity index (χ3v) is 5.69. The lowest BCUT2D eigenvalue weighted by Crippen LogP contribution is -2.41. The van der Waals surface area contributed by atoms with Crippen LogP contribution < -0.4 is 15.5 Å². The molecule has 28 heavy (non-hydrogen) atoms. The van der Waals surface area contributed by atoms with Gasteiger partial charge in [0.05, 0.1) is 6.54 Å². The number of hydrogen-bond donors (Lipinski definition) is 2. The first kappa shape index (κ1) is 22.8. The first-order valence-electron chi connectivity index (χ1n) is 10.3. The Balaban J connectivity index is 1.77. The molecule has 1 saturated heterocycles. The summed E-state index contributed by atoms with van der Waals surface area (Å²) < 4.78 is 5.11. The molecule has 6 nitrogen and oxygen atoms in total. The van der Waals surface area contributed by atoms with Crippen LogP contribution in [0.2, 0.25) is 0 Å². The molecule has 0 spiro atoms. The molecule has 0 bridgehead atoms. The average molecular weight is 408 g/mol. The lowest BCUT2D eigenvalue weighted by atomic mass is 10.2. The van der Waals surface area contributed by atoms with Gasteiger partial charge in [0.1, 0.15) is 0 Å². The van der Waals surface area contributed by atoms with Crippen molar-refractivity contribution in [1.29, 1.82) is 0 Å². The Morgan fingerprint density at radius 2 is 1.93 bits per heavy atom. The van der Waals surface area contributed by atoms with Crippen molar-refractivity contribution in [2.24, 2.45) is 4.99 Å². The topological polar surface area (TPSA) is 52.1 Å². The summed E-state index contributed by atoms with van der Waals surface area (Å²) in [4.78, 5) is 9.52. The molecule has 1 aromatic carbocycles. The maximum atomic E-state index is 5.11. The summed E-state index contributed by atoms with van der Waals surface area (Å²) in [6.45, 7) is 9.67. The molecule has 0 amide bonds. The molecule has 0 radical (unpaired) electrons. The van der Waals surface area contributed by atoms with Gasteiger partial charge in [0, 0.05) is 70.2 Å². The molecular formula is C21H37N5OS. The number of anilines is 1. The summed E-state index contributed by atoms with van der Waals surface area (Å²) in [7, 11) is 3.89. The molecule has 7 heteroatoms. The maximum Gasteiger partial charge on any atom is 0.191 e. The zero-order chi connectivity index (χ0) is 20.0. The lowest BCUT2D eigenvalue weighted by molar-refractivity contribution is 0.180. The highest BCUT2D eigenvalue weighted by molar-refractivity contribution is 7.99. The second-order valence-corrected chi connectivity index (χ2v) is 8.26. The van der Waals surface area contributed by atoms with Crippen molar-refractivity contribution < 1.29 is 4.74 Å². The summed E-state index contributed by atoms with van der Waals surface area (Å²) in [6, 6.07) is 8.87. The van der Waals surface area contributed by atoms with Crippen LogP contribution in [0.3, 0.4) is 0 Å². The number of ether oxygens (including phenoxy) is 1. The van der Waals surface area contributed by atoms with E-state index >= 15 is 0 Å². The van der Waals surface area contributed by atoms with Gasteiger partial charge in [0.15, 0.2) is 5.96 Å². The Bertz CT molecular complexity index is 560. The van der Waals surface area contributed by atoms with Crippen LogP contribution in [-0.2, 0) is 11.3 Å². The Labute approximate surface area is 175 Å². The SMILES string of the molecule is CCNC(=NCc1ccc(N2CCSCC2)cc1)NCCN(C)CCCOC. The molecule has 0 aromatic heterocycles. The van der Waals surface area contributed by atoms with Crippen LogP contribution in [0.15, 0.2) is 29.3 Å². The van der Waals surface area contributed by atoms with Crippen molar-refractivity contribution in [3.63, 3.8) is 0 Å². The summed E-state index contributed by atoms with van der Waals surface area (Å²) in [5.74, 6) is 3.33. The molecule has 2 rings (SSSR count). The lowest BCUT2D eigenvalue weighted by Gasteiger charge is -2.28. The van der Waals surface area contributed by atoms with E-state index in [4.69, 9.17) is 9.73 Å². The fourth-order valence-electron chi connectivity index (χ4n) is 3.10. The van der Waals surface area contributed by atoms with E-state index in [1.807, 2.05) is 11.8 Å². The molecule has 1 aliphatic heterocycles. The number of nitrogens with one attached hydrogen (secondary N) is 2. The molecular weight excluding hydrogens is 370 g/mol. The van der Waals surface area contributed by atoms with E-state index in [-0.39, 0.29) is 0 Å². The number of thioether (sulfide) groups is 1. The number of nitrogens with zero attached hydrogens (tertiary/aromatic N) is 3. The highest BCUT2D eigenvalue weighted by atomic mass is 32.2. The summed E-state index contributed by atoms with van der Waals surface area (Å²) in [5, 5.41) is 6.76. The van der Waals surface area contributed by atoms with Crippen LogP contribution >= 0.6 is 11.8 Å². The normalized spacial score (nSPS) is 15.1. The summed E-state index contributed by atoms with van der Waals surface area (Å²) >= 11 is 2.04. The van der Waals surface area contributed by atoms with Gasteiger partial charge in [-0.1, -0.05) is 12.1 Å². The van der Waals surface area contributed by atoms with Gasteiger partial charge in [-0.25, -0.2) is 4.99 Å². The second kappa shape index (κ2) is 13.7. The van der Waals surface area contributed by atoms with Crippen molar-refractivity contribution >= 4 is 23.4 Å². The molecule has 0 aliphatic carbocycles. The molecule has 2 N–H and O–H groups in total. The minimum absolute atomic E-state index is 0.690. The van der Waals surface area contributed by atoms with Crippen LogP contribution in [-0.4, -0.2) is 82.4 Å². The second-order valence-electron chi connectivity index (χ2n) is 7.04. The van der Waals surface area contributed by atoms with Gasteiger partial charge in [-0.2, -0.15) is 11.8 Å². The Morgan fingerprint density at radius 3 is 2.61 bits per heavy atom. The molecule has 0 atom stereocenters. The molecule has 1 heterocycles. The van der Waals surface area contributed by atoms with E-state index in [9.17, 15) is 0 Å². The van der Waals surface area contributed by atoms with Gasteiger partial charge in [-0.05, 0) is 38.1 Å². The highest BCUT2D eigenvalue weighted by Crippen LogP contribution is 2.20. The Morgan fingerprint density at radius 1 is 1.18 bits per heavy atom. The largest absolute Gasteiger partial charge is 0.385 e. The van der Waals surface area contributed by atoms with Gasteiger partial charge in [-0.15, -0.1) is 0 Å². The molecule has 1 aliphatic rings. The predicted octanol–water partition coefficient (Wildman–Crippen LogP) is 2.26. The van der Waals surface area contributed by atoms with Gasteiger partial charge in [-0.3, -0.25) is 0 Å². The molecule has 0 unspecified atom stereocenters. The standard InChI is InChI=1S/C21H37N5OS/c1-4-22-21(23-10-12-25(2)11-5-15-27-3)24-18-19-6-8-20(9-7-19)26-13-16-28-17-14-26/h6-9H,4-5,10-18H2,1-3H3,(H2,22,23,24). The molecule has 1 aromatic rings. The van der Waals surface area contributed by atoms with Crippen molar-refractivity contribution in [3.05, 3.63) is 29.8 Å². The van der Waals surface area contributed by atoms with Crippen molar-refractivity contribution in [3.8, 4) is 0 Å². The zero-order valence-electron chi connectivity index (χ0n) is 17.7. The van der Waals surface area contributed by atoms with Crippen molar-refractivity contribution in [2.45, 2.75) is 19.9 Å². The molecule has 158 valence electrons. The summed E-state index contributed by atoms with van der Waals surface area (Å²) in [5.41, 5.74) is 2.57. The van der Waals surface area contributed by atoms with E-state index in [0.717, 1.165) is 58.3 Å². The summed E-state index contributed by atoms with van der Waals surface area (Å²) in [6.07, 6.45) is 1.06. The number of methoxy groups -OCH3 is 1. The Kier molecular flexibility index (Phi) is 11.2. The van der Waals surface area contributed by atoms with Crippen molar-refractivity contribution in [2.75, 3.05) is 76.4 Å². The van der Waals surface area contributed by atoms with Crippen LogP contribution in [0.4, 0.5) is 5.69 Å². The van der Waals surface area contributed by atoms with Gasteiger partial charge in [0.25, 0.3) is 0 Å². The monoisotopic (exact) mass is 407 g/mol. The number of guanidine groups is 1. The molecule has 1 fully saturated rings.